The molecule has 3 rings (SSSR count). The van der Waals surface area contributed by atoms with Gasteiger partial charge in [-0.1, -0.05) is 19.8 Å². The van der Waals surface area contributed by atoms with Crippen molar-refractivity contribution in [1.29, 1.82) is 0 Å². The van der Waals surface area contributed by atoms with E-state index in [0.29, 0.717) is 12.8 Å². The Morgan fingerprint density at radius 1 is 1.32 bits per heavy atom. The minimum atomic E-state index is -0.353. The standard InChI is InChI=1S/C17H24N2O3/c1-2-12-7-9-15(22-12)14-6-4-3-5-11-19(14)17(21)13-8-10-16(20)18-13/h7,9,13-14H,2-6,8,10-11H2,1H3,(H,18,20)/t13-,14-/m0/s1. The Hall–Kier alpha value is -1.78. The molecular weight excluding hydrogens is 280 g/mol. The van der Waals surface area contributed by atoms with Crippen LogP contribution in [0.4, 0.5) is 0 Å². The number of nitrogens with one attached hydrogen (secondary N) is 1. The number of rotatable bonds is 3. The third-order valence-corrected chi connectivity index (χ3v) is 4.69. The molecule has 2 aliphatic rings. The highest BCUT2D eigenvalue weighted by atomic mass is 16.3. The molecule has 0 aliphatic carbocycles. The largest absolute Gasteiger partial charge is 0.464 e. The number of likely N-dealkylation sites (tertiary alicyclic amines) is 1. The minimum absolute atomic E-state index is 0.00722. The van der Waals surface area contributed by atoms with Gasteiger partial charge in [0, 0.05) is 19.4 Å². The van der Waals surface area contributed by atoms with E-state index in [9.17, 15) is 9.59 Å². The summed E-state index contributed by atoms with van der Waals surface area (Å²) in [5, 5.41) is 2.80. The van der Waals surface area contributed by atoms with Crippen molar-refractivity contribution in [2.75, 3.05) is 6.54 Å². The first-order valence-electron chi connectivity index (χ1n) is 8.37. The SMILES string of the molecule is CCc1ccc([C@@H]2CCCCCN2C(=O)[C@@H]2CCC(=O)N2)o1. The Morgan fingerprint density at radius 3 is 2.86 bits per heavy atom. The number of carbonyl (C=O) groups excluding carboxylic acids is 2. The third-order valence-electron chi connectivity index (χ3n) is 4.69. The molecule has 2 fully saturated rings. The number of hydrogen-bond acceptors (Lipinski definition) is 3. The molecule has 5 nitrogen and oxygen atoms in total. The second-order valence-electron chi connectivity index (χ2n) is 6.21. The van der Waals surface area contributed by atoms with E-state index < -0.39 is 0 Å². The van der Waals surface area contributed by atoms with Crippen LogP contribution in [-0.4, -0.2) is 29.3 Å². The molecule has 0 unspecified atom stereocenters. The number of aryl methyl sites for hydroxylation is 1. The van der Waals surface area contributed by atoms with Gasteiger partial charge in [0.25, 0.3) is 0 Å². The van der Waals surface area contributed by atoms with Crippen LogP contribution in [0.3, 0.4) is 0 Å². The first kappa shape index (κ1) is 15.1. The number of carbonyl (C=O) groups is 2. The van der Waals surface area contributed by atoms with E-state index in [-0.39, 0.29) is 23.9 Å². The monoisotopic (exact) mass is 304 g/mol. The molecule has 0 saturated carbocycles. The zero-order valence-electron chi connectivity index (χ0n) is 13.1. The first-order valence-corrected chi connectivity index (χ1v) is 8.37. The van der Waals surface area contributed by atoms with Crippen molar-refractivity contribution in [3.8, 4) is 0 Å². The highest BCUT2D eigenvalue weighted by Gasteiger charge is 2.36. The molecule has 2 aliphatic heterocycles. The lowest BCUT2D eigenvalue weighted by molar-refractivity contribution is -0.137. The normalized spacial score (nSPS) is 25.9. The van der Waals surface area contributed by atoms with Crippen LogP contribution in [0.25, 0.3) is 0 Å². The smallest absolute Gasteiger partial charge is 0.245 e. The zero-order valence-corrected chi connectivity index (χ0v) is 13.1. The van der Waals surface area contributed by atoms with Gasteiger partial charge in [-0.2, -0.15) is 0 Å². The Labute approximate surface area is 131 Å². The van der Waals surface area contributed by atoms with Gasteiger partial charge in [-0.05, 0) is 31.4 Å². The van der Waals surface area contributed by atoms with Crippen LogP contribution < -0.4 is 5.32 Å². The fourth-order valence-corrected chi connectivity index (χ4v) is 3.43. The lowest BCUT2D eigenvalue weighted by Gasteiger charge is -2.30. The fraction of sp³-hybridized carbons (Fsp3) is 0.647. The number of hydrogen-bond donors (Lipinski definition) is 1. The van der Waals surface area contributed by atoms with Crippen LogP contribution >= 0.6 is 0 Å². The maximum Gasteiger partial charge on any atom is 0.245 e. The van der Waals surface area contributed by atoms with Crippen molar-refractivity contribution in [1.82, 2.24) is 10.2 Å². The maximum absolute atomic E-state index is 12.8. The molecule has 1 aromatic rings. The van der Waals surface area contributed by atoms with Gasteiger partial charge in [-0.15, -0.1) is 0 Å². The predicted octanol–water partition coefficient (Wildman–Crippen LogP) is 2.56. The van der Waals surface area contributed by atoms with E-state index in [1.165, 1.54) is 0 Å². The Bertz CT molecular complexity index is 552. The van der Waals surface area contributed by atoms with Crippen molar-refractivity contribution < 1.29 is 14.0 Å². The van der Waals surface area contributed by atoms with Crippen molar-refractivity contribution in [2.45, 2.75) is 64.0 Å². The van der Waals surface area contributed by atoms with Crippen molar-refractivity contribution >= 4 is 11.8 Å². The molecule has 2 amide bonds. The molecule has 3 heterocycles. The summed E-state index contributed by atoms with van der Waals surface area (Å²) >= 11 is 0. The van der Waals surface area contributed by atoms with Crippen molar-refractivity contribution in [2.24, 2.45) is 0 Å². The molecule has 0 radical (unpaired) electrons. The Balaban J connectivity index is 1.81. The molecule has 120 valence electrons. The Morgan fingerprint density at radius 2 is 2.18 bits per heavy atom. The van der Waals surface area contributed by atoms with Gasteiger partial charge < -0.3 is 14.6 Å². The van der Waals surface area contributed by atoms with E-state index in [2.05, 4.69) is 12.2 Å². The Kier molecular flexibility index (Phi) is 4.50. The van der Waals surface area contributed by atoms with Gasteiger partial charge in [0.05, 0.1) is 6.04 Å². The first-order chi connectivity index (χ1) is 10.7. The summed E-state index contributed by atoms with van der Waals surface area (Å²) in [4.78, 5) is 26.2. The van der Waals surface area contributed by atoms with Crippen LogP contribution in [0.2, 0.25) is 0 Å². The third kappa shape index (κ3) is 3.03. The van der Waals surface area contributed by atoms with Crippen LogP contribution in [0, 0.1) is 0 Å². The van der Waals surface area contributed by atoms with Gasteiger partial charge >= 0.3 is 0 Å². The summed E-state index contributed by atoms with van der Waals surface area (Å²) in [5.41, 5.74) is 0. The number of furan rings is 1. The highest BCUT2D eigenvalue weighted by Crippen LogP contribution is 2.32. The molecule has 1 aromatic heterocycles. The van der Waals surface area contributed by atoms with E-state index in [0.717, 1.165) is 50.2 Å². The number of nitrogens with zero attached hydrogens (tertiary/aromatic N) is 1. The van der Waals surface area contributed by atoms with E-state index in [1.807, 2.05) is 17.0 Å². The summed E-state index contributed by atoms with van der Waals surface area (Å²) in [6.45, 7) is 2.81. The van der Waals surface area contributed by atoms with Crippen LogP contribution in [0.15, 0.2) is 16.5 Å². The fourth-order valence-electron chi connectivity index (χ4n) is 3.43. The van der Waals surface area contributed by atoms with Gasteiger partial charge in [0.15, 0.2) is 0 Å². The molecule has 22 heavy (non-hydrogen) atoms. The lowest BCUT2D eigenvalue weighted by Crippen LogP contribution is -2.46. The second-order valence-corrected chi connectivity index (χ2v) is 6.21. The molecule has 2 atom stereocenters. The van der Waals surface area contributed by atoms with Gasteiger partial charge in [0.2, 0.25) is 11.8 Å². The average molecular weight is 304 g/mol. The van der Waals surface area contributed by atoms with E-state index in [1.54, 1.807) is 0 Å². The molecule has 2 saturated heterocycles. The lowest BCUT2D eigenvalue weighted by atomic mass is 10.1. The second kappa shape index (κ2) is 6.55. The summed E-state index contributed by atoms with van der Waals surface area (Å²) in [6, 6.07) is 3.66. The molecule has 0 spiro atoms. The van der Waals surface area contributed by atoms with Crippen LogP contribution in [0.5, 0.6) is 0 Å². The molecule has 5 heteroatoms. The highest BCUT2D eigenvalue weighted by molar-refractivity contribution is 5.91. The molecule has 0 aromatic carbocycles. The van der Waals surface area contributed by atoms with Gasteiger partial charge in [-0.25, -0.2) is 0 Å². The average Bonchev–Trinajstić information content (AvgIpc) is 3.10. The molecular formula is C17H24N2O3. The quantitative estimate of drug-likeness (QED) is 0.933. The van der Waals surface area contributed by atoms with E-state index >= 15 is 0 Å². The minimum Gasteiger partial charge on any atom is -0.464 e. The van der Waals surface area contributed by atoms with Crippen LogP contribution in [0.1, 0.15) is 63.0 Å². The topological polar surface area (TPSA) is 62.6 Å². The molecule has 1 N–H and O–H groups in total. The zero-order chi connectivity index (χ0) is 15.5. The van der Waals surface area contributed by atoms with Crippen LogP contribution in [-0.2, 0) is 16.0 Å². The van der Waals surface area contributed by atoms with Crippen molar-refractivity contribution in [3.63, 3.8) is 0 Å². The summed E-state index contributed by atoms with van der Waals surface area (Å²) in [7, 11) is 0. The summed E-state index contributed by atoms with van der Waals surface area (Å²) in [6.07, 6.45) is 6.12. The number of amides is 2. The van der Waals surface area contributed by atoms with Crippen molar-refractivity contribution in [3.05, 3.63) is 23.7 Å². The summed E-state index contributed by atoms with van der Waals surface area (Å²) < 4.78 is 5.91. The van der Waals surface area contributed by atoms with Gasteiger partial charge in [0.1, 0.15) is 17.6 Å². The summed E-state index contributed by atoms with van der Waals surface area (Å²) in [5.74, 6) is 1.88. The van der Waals surface area contributed by atoms with Gasteiger partial charge in [-0.3, -0.25) is 9.59 Å². The van der Waals surface area contributed by atoms with E-state index in [4.69, 9.17) is 4.42 Å². The predicted molar refractivity (Wildman–Crippen MR) is 82.2 cm³/mol. The molecule has 0 bridgehead atoms. The maximum atomic E-state index is 12.8.